The number of methoxy groups -OCH3 is 1. The number of aliphatic imine (C=N–C) groups is 2. The highest BCUT2D eigenvalue weighted by Gasteiger charge is 1.98. The molecule has 0 spiro atoms. The summed E-state index contributed by atoms with van der Waals surface area (Å²) in [5, 5.41) is 0. The van der Waals surface area contributed by atoms with Crippen molar-refractivity contribution in [2.75, 3.05) is 14.2 Å². The first kappa shape index (κ1) is 12.4. The molecule has 0 N–H and O–H groups in total. The van der Waals surface area contributed by atoms with Gasteiger partial charge in [0.1, 0.15) is 5.75 Å². The molecule has 1 aromatic rings. The van der Waals surface area contributed by atoms with Crippen molar-refractivity contribution in [1.82, 2.24) is 0 Å². The standard InChI is InChI=1S/C13H18N2O/c1-10(2)15-9-12-5-11(8-14-3)6-13(7-12)16-4/h5-10H,1-4H3. The smallest absolute Gasteiger partial charge is 0.120 e. The molecule has 0 heterocycles. The van der Waals surface area contributed by atoms with E-state index >= 15 is 0 Å². The van der Waals surface area contributed by atoms with Gasteiger partial charge >= 0.3 is 0 Å². The van der Waals surface area contributed by atoms with Crippen molar-refractivity contribution >= 4 is 12.4 Å². The normalized spacial score (nSPS) is 11.8. The van der Waals surface area contributed by atoms with Crippen LogP contribution >= 0.6 is 0 Å². The summed E-state index contributed by atoms with van der Waals surface area (Å²) in [7, 11) is 3.41. The molecule has 16 heavy (non-hydrogen) atoms. The third kappa shape index (κ3) is 3.85. The fraction of sp³-hybridized carbons (Fsp3) is 0.385. The summed E-state index contributed by atoms with van der Waals surface area (Å²) in [6.07, 6.45) is 3.66. The summed E-state index contributed by atoms with van der Waals surface area (Å²) >= 11 is 0. The minimum Gasteiger partial charge on any atom is -0.497 e. The zero-order valence-electron chi connectivity index (χ0n) is 10.3. The van der Waals surface area contributed by atoms with E-state index in [-0.39, 0.29) is 0 Å². The fourth-order valence-corrected chi connectivity index (χ4v) is 1.30. The molecular formula is C13H18N2O. The van der Waals surface area contributed by atoms with E-state index in [1.807, 2.05) is 38.3 Å². The lowest BCUT2D eigenvalue weighted by molar-refractivity contribution is 0.414. The molecule has 3 heteroatoms. The monoisotopic (exact) mass is 218 g/mol. The van der Waals surface area contributed by atoms with E-state index in [4.69, 9.17) is 4.74 Å². The molecule has 86 valence electrons. The van der Waals surface area contributed by atoms with Crippen molar-refractivity contribution < 1.29 is 4.74 Å². The van der Waals surface area contributed by atoms with Crippen LogP contribution in [-0.4, -0.2) is 32.6 Å². The maximum Gasteiger partial charge on any atom is 0.120 e. The van der Waals surface area contributed by atoms with Crippen LogP contribution in [0.25, 0.3) is 0 Å². The number of rotatable bonds is 4. The van der Waals surface area contributed by atoms with Crippen molar-refractivity contribution in [2.45, 2.75) is 19.9 Å². The first-order chi connectivity index (χ1) is 7.65. The minimum atomic E-state index is 0.300. The van der Waals surface area contributed by atoms with Crippen LogP contribution in [0, 0.1) is 0 Å². The molecule has 0 aromatic heterocycles. The Kier molecular flexibility index (Phi) is 4.70. The van der Waals surface area contributed by atoms with E-state index in [1.54, 1.807) is 20.4 Å². The lowest BCUT2D eigenvalue weighted by Crippen LogP contribution is -1.94. The second kappa shape index (κ2) is 6.05. The topological polar surface area (TPSA) is 34.0 Å². The third-order valence-electron chi connectivity index (χ3n) is 1.99. The van der Waals surface area contributed by atoms with Crippen molar-refractivity contribution in [3.8, 4) is 5.75 Å². The Hall–Kier alpha value is -1.64. The molecule has 0 amide bonds. The SMILES string of the molecule is CN=Cc1cc(C=NC(C)C)cc(OC)c1. The van der Waals surface area contributed by atoms with E-state index in [2.05, 4.69) is 9.98 Å². The zero-order valence-corrected chi connectivity index (χ0v) is 10.3. The molecular weight excluding hydrogens is 200 g/mol. The van der Waals surface area contributed by atoms with Crippen LogP contribution in [0.3, 0.4) is 0 Å². The van der Waals surface area contributed by atoms with Crippen LogP contribution in [0.5, 0.6) is 5.75 Å². The second-order valence-corrected chi connectivity index (χ2v) is 3.80. The summed E-state index contributed by atoms with van der Waals surface area (Å²) in [6.45, 7) is 4.09. The molecule has 1 aromatic carbocycles. The van der Waals surface area contributed by atoms with Crippen LogP contribution in [0.2, 0.25) is 0 Å². The third-order valence-corrected chi connectivity index (χ3v) is 1.99. The molecule has 0 atom stereocenters. The molecule has 0 aliphatic carbocycles. The summed E-state index contributed by atoms with van der Waals surface area (Å²) in [6, 6.07) is 6.23. The Morgan fingerprint density at radius 2 is 1.75 bits per heavy atom. The predicted molar refractivity (Wildman–Crippen MR) is 69.2 cm³/mol. The average molecular weight is 218 g/mol. The Bertz CT molecular complexity index is 395. The van der Waals surface area contributed by atoms with Gasteiger partial charge in [-0.25, -0.2) is 0 Å². The van der Waals surface area contributed by atoms with Gasteiger partial charge in [0.25, 0.3) is 0 Å². The zero-order chi connectivity index (χ0) is 12.0. The molecule has 0 unspecified atom stereocenters. The van der Waals surface area contributed by atoms with Crippen LogP contribution in [0.4, 0.5) is 0 Å². The molecule has 3 nitrogen and oxygen atoms in total. The highest BCUT2D eigenvalue weighted by molar-refractivity contribution is 5.87. The van der Waals surface area contributed by atoms with Gasteiger partial charge < -0.3 is 4.74 Å². The number of hydrogen-bond acceptors (Lipinski definition) is 3. The molecule has 0 fully saturated rings. The van der Waals surface area contributed by atoms with Crippen molar-refractivity contribution in [3.05, 3.63) is 29.3 Å². The summed E-state index contributed by atoms with van der Waals surface area (Å²) < 4.78 is 5.23. The van der Waals surface area contributed by atoms with E-state index in [1.165, 1.54) is 0 Å². The molecule has 0 aliphatic rings. The number of nitrogens with zero attached hydrogens (tertiary/aromatic N) is 2. The van der Waals surface area contributed by atoms with Crippen LogP contribution in [0.1, 0.15) is 25.0 Å². The highest BCUT2D eigenvalue weighted by Crippen LogP contribution is 2.15. The second-order valence-electron chi connectivity index (χ2n) is 3.80. The molecule has 0 radical (unpaired) electrons. The van der Waals surface area contributed by atoms with Gasteiger partial charge in [-0.1, -0.05) is 0 Å². The van der Waals surface area contributed by atoms with Gasteiger partial charge in [-0.3, -0.25) is 9.98 Å². The van der Waals surface area contributed by atoms with E-state index in [0.29, 0.717) is 6.04 Å². The predicted octanol–water partition coefficient (Wildman–Crippen LogP) is 2.57. The van der Waals surface area contributed by atoms with Crippen LogP contribution in [-0.2, 0) is 0 Å². The molecule has 0 aliphatic heterocycles. The van der Waals surface area contributed by atoms with E-state index in [0.717, 1.165) is 16.9 Å². The quantitative estimate of drug-likeness (QED) is 0.715. The van der Waals surface area contributed by atoms with Crippen molar-refractivity contribution in [3.63, 3.8) is 0 Å². The lowest BCUT2D eigenvalue weighted by atomic mass is 10.1. The van der Waals surface area contributed by atoms with Crippen molar-refractivity contribution in [2.24, 2.45) is 9.98 Å². The molecule has 0 saturated heterocycles. The number of hydrogen-bond donors (Lipinski definition) is 0. The highest BCUT2D eigenvalue weighted by atomic mass is 16.5. The van der Waals surface area contributed by atoms with Gasteiger partial charge in [-0.2, -0.15) is 0 Å². The average Bonchev–Trinajstić information content (AvgIpc) is 2.26. The maximum absolute atomic E-state index is 5.23. The molecule has 0 saturated carbocycles. The minimum absolute atomic E-state index is 0.300. The lowest BCUT2D eigenvalue weighted by Gasteiger charge is -2.03. The number of ether oxygens (including phenoxy) is 1. The Morgan fingerprint density at radius 3 is 2.25 bits per heavy atom. The van der Waals surface area contributed by atoms with E-state index in [9.17, 15) is 0 Å². The summed E-state index contributed by atoms with van der Waals surface area (Å²) in [5.41, 5.74) is 2.05. The van der Waals surface area contributed by atoms with Crippen LogP contribution in [0.15, 0.2) is 28.2 Å². The summed E-state index contributed by atoms with van der Waals surface area (Å²) in [4.78, 5) is 8.34. The Labute approximate surface area is 96.9 Å². The van der Waals surface area contributed by atoms with E-state index < -0.39 is 0 Å². The van der Waals surface area contributed by atoms with Gasteiger partial charge in [-0.15, -0.1) is 0 Å². The first-order valence-electron chi connectivity index (χ1n) is 5.30. The Morgan fingerprint density at radius 1 is 1.12 bits per heavy atom. The maximum atomic E-state index is 5.23. The molecule has 1 rings (SSSR count). The fourth-order valence-electron chi connectivity index (χ4n) is 1.30. The van der Waals surface area contributed by atoms with Gasteiger partial charge in [0.05, 0.1) is 7.11 Å². The largest absolute Gasteiger partial charge is 0.497 e. The van der Waals surface area contributed by atoms with Gasteiger partial charge in [0.2, 0.25) is 0 Å². The van der Waals surface area contributed by atoms with Crippen molar-refractivity contribution in [1.29, 1.82) is 0 Å². The summed E-state index contributed by atoms with van der Waals surface area (Å²) in [5.74, 6) is 0.822. The Balaban J connectivity index is 3.04. The van der Waals surface area contributed by atoms with Gasteiger partial charge in [0.15, 0.2) is 0 Å². The van der Waals surface area contributed by atoms with Gasteiger partial charge in [0, 0.05) is 25.5 Å². The van der Waals surface area contributed by atoms with Gasteiger partial charge in [-0.05, 0) is 43.2 Å². The van der Waals surface area contributed by atoms with Crippen LogP contribution < -0.4 is 4.74 Å². The molecule has 0 bridgehead atoms. The first-order valence-corrected chi connectivity index (χ1v) is 5.30. The number of benzene rings is 1.